The normalized spacial score (nSPS) is 11.6. The van der Waals surface area contributed by atoms with E-state index in [1.54, 1.807) is 0 Å². The van der Waals surface area contributed by atoms with Gasteiger partial charge in [-0.05, 0) is 65.5 Å². The third-order valence-electron chi connectivity index (χ3n) is 11.1. The Morgan fingerprint density at radius 1 is 0.382 bits per heavy atom. The number of para-hydroxylation sites is 5. The third kappa shape index (κ3) is 4.39. The molecule has 5 nitrogen and oxygen atoms in total. The largest absolute Gasteiger partial charge is 0.320 e. The van der Waals surface area contributed by atoms with Crippen LogP contribution in [-0.4, -0.2) is 13.7 Å². The van der Waals surface area contributed by atoms with Crippen molar-refractivity contribution in [3.05, 3.63) is 199 Å². The number of hydrogen-bond acceptors (Lipinski definition) is 0. The molecule has 5 heteroatoms. The first-order valence-electron chi connectivity index (χ1n) is 18.3. The van der Waals surface area contributed by atoms with Gasteiger partial charge in [-0.2, -0.15) is 0 Å². The fraction of sp³-hybridized carbons (Fsp3) is 0. The van der Waals surface area contributed by atoms with Crippen molar-refractivity contribution in [2.24, 2.45) is 0 Å². The average molecular weight is 700 g/mol. The second-order valence-corrected chi connectivity index (χ2v) is 13.9. The summed E-state index contributed by atoms with van der Waals surface area (Å²) in [5.41, 5.74) is 12.7. The summed E-state index contributed by atoms with van der Waals surface area (Å²) >= 11 is 0. The van der Waals surface area contributed by atoms with Gasteiger partial charge in [0, 0.05) is 43.9 Å². The number of rotatable bonds is 4. The fourth-order valence-corrected chi connectivity index (χ4v) is 8.80. The highest BCUT2D eigenvalue weighted by atomic mass is 15.0. The minimum atomic E-state index is 0.547. The lowest BCUT2D eigenvalue weighted by molar-refractivity contribution is 1.17. The first kappa shape index (κ1) is 30.7. The maximum absolute atomic E-state index is 8.05. The monoisotopic (exact) mass is 699 g/mol. The Balaban J connectivity index is 1.12. The van der Waals surface area contributed by atoms with Crippen LogP contribution in [0.3, 0.4) is 0 Å². The molecule has 0 aliphatic heterocycles. The highest BCUT2D eigenvalue weighted by Gasteiger charge is 2.21. The standard InChI is InChI=1S/C50H29N5/c1-51-33-27-30-35(48(31-33)55-44-21-9-5-15-38(44)39-17-11-18-41(52-2)50(39)55)32-25-28-34(29-26-32)53-45-22-10-6-16-40(45)49-46(53)23-12-24-47(49)54-42-19-7-3-13-36(42)37-14-4-8-20-43(37)54/h3-31H. The first-order chi connectivity index (χ1) is 27.2. The second kappa shape index (κ2) is 11.8. The van der Waals surface area contributed by atoms with E-state index in [1.165, 1.54) is 32.6 Å². The van der Waals surface area contributed by atoms with Gasteiger partial charge in [0.05, 0.1) is 51.9 Å². The van der Waals surface area contributed by atoms with E-state index in [2.05, 4.69) is 157 Å². The topological polar surface area (TPSA) is 23.5 Å². The van der Waals surface area contributed by atoms with Crippen LogP contribution in [0, 0.1) is 13.1 Å². The Kier molecular flexibility index (Phi) is 6.61. The lowest BCUT2D eigenvalue weighted by Crippen LogP contribution is -1.98. The quantitative estimate of drug-likeness (QED) is 0.163. The van der Waals surface area contributed by atoms with Gasteiger partial charge < -0.3 is 13.7 Å². The van der Waals surface area contributed by atoms with Crippen molar-refractivity contribution in [2.45, 2.75) is 0 Å². The number of nitrogens with zero attached hydrogens (tertiary/aromatic N) is 5. The van der Waals surface area contributed by atoms with Crippen LogP contribution < -0.4 is 0 Å². The van der Waals surface area contributed by atoms with Gasteiger partial charge >= 0.3 is 0 Å². The molecule has 0 unspecified atom stereocenters. The third-order valence-corrected chi connectivity index (χ3v) is 11.1. The van der Waals surface area contributed by atoms with Crippen LogP contribution >= 0.6 is 0 Å². The van der Waals surface area contributed by atoms with E-state index in [4.69, 9.17) is 13.1 Å². The molecular formula is C50H29N5. The first-order valence-corrected chi connectivity index (χ1v) is 18.3. The van der Waals surface area contributed by atoms with Crippen molar-refractivity contribution >= 4 is 76.8 Å². The summed E-state index contributed by atoms with van der Waals surface area (Å²) in [6, 6.07) is 61.4. The molecule has 0 radical (unpaired) electrons. The average Bonchev–Trinajstić information content (AvgIpc) is 3.89. The van der Waals surface area contributed by atoms with E-state index in [0.29, 0.717) is 11.4 Å². The lowest BCUT2D eigenvalue weighted by Gasteiger charge is -2.16. The molecule has 0 saturated carbocycles. The van der Waals surface area contributed by atoms with E-state index in [-0.39, 0.29) is 0 Å². The highest BCUT2D eigenvalue weighted by Crippen LogP contribution is 2.43. The van der Waals surface area contributed by atoms with E-state index in [9.17, 15) is 0 Å². The van der Waals surface area contributed by atoms with Crippen LogP contribution in [0.25, 0.3) is 103 Å². The Hall–Kier alpha value is -7.86. The number of benzene rings is 8. The molecule has 0 aliphatic carbocycles. The van der Waals surface area contributed by atoms with Crippen molar-refractivity contribution in [1.29, 1.82) is 0 Å². The van der Waals surface area contributed by atoms with Crippen LogP contribution in [0.4, 0.5) is 11.4 Å². The van der Waals surface area contributed by atoms with Crippen molar-refractivity contribution in [3.8, 4) is 28.2 Å². The number of fused-ring (bicyclic) bond motifs is 9. The minimum absolute atomic E-state index is 0.547. The summed E-state index contributed by atoms with van der Waals surface area (Å²) in [7, 11) is 0. The van der Waals surface area contributed by atoms with Crippen LogP contribution in [-0.2, 0) is 0 Å². The van der Waals surface area contributed by atoms with Crippen LogP contribution in [0.5, 0.6) is 0 Å². The lowest BCUT2D eigenvalue weighted by atomic mass is 10.0. The molecule has 0 fully saturated rings. The molecule has 0 spiro atoms. The van der Waals surface area contributed by atoms with E-state index >= 15 is 0 Å². The molecule has 254 valence electrons. The molecule has 11 rings (SSSR count). The summed E-state index contributed by atoms with van der Waals surface area (Å²) < 4.78 is 6.94. The molecule has 3 heterocycles. The molecule has 8 aromatic carbocycles. The number of aromatic nitrogens is 3. The number of hydrogen-bond donors (Lipinski definition) is 0. The molecule has 0 amide bonds. The van der Waals surface area contributed by atoms with Gasteiger partial charge in [-0.15, -0.1) is 0 Å². The van der Waals surface area contributed by atoms with E-state index in [1.807, 2.05) is 42.5 Å². The Morgan fingerprint density at radius 2 is 0.927 bits per heavy atom. The molecule has 0 saturated heterocycles. The molecule has 0 N–H and O–H groups in total. The molecule has 0 atom stereocenters. The van der Waals surface area contributed by atoms with Crippen molar-refractivity contribution in [1.82, 2.24) is 13.7 Å². The zero-order valence-corrected chi connectivity index (χ0v) is 29.5. The Labute approximate surface area is 316 Å². The van der Waals surface area contributed by atoms with E-state index in [0.717, 1.165) is 61.0 Å². The zero-order valence-electron chi connectivity index (χ0n) is 29.5. The van der Waals surface area contributed by atoms with Gasteiger partial charge in [-0.3, -0.25) is 0 Å². The van der Waals surface area contributed by atoms with Crippen LogP contribution in [0.15, 0.2) is 176 Å². The second-order valence-electron chi connectivity index (χ2n) is 13.9. The zero-order chi connectivity index (χ0) is 36.6. The fourth-order valence-electron chi connectivity index (χ4n) is 8.80. The Morgan fingerprint density at radius 3 is 1.58 bits per heavy atom. The smallest absolute Gasteiger partial charge is 0.211 e. The summed E-state index contributed by atoms with van der Waals surface area (Å²) in [6.07, 6.45) is 0. The van der Waals surface area contributed by atoms with Crippen molar-refractivity contribution < 1.29 is 0 Å². The van der Waals surface area contributed by atoms with Crippen molar-refractivity contribution in [2.75, 3.05) is 0 Å². The summed E-state index contributed by atoms with van der Waals surface area (Å²) in [5.74, 6) is 0. The van der Waals surface area contributed by atoms with Crippen molar-refractivity contribution in [3.63, 3.8) is 0 Å². The molecule has 3 aromatic heterocycles. The van der Waals surface area contributed by atoms with Gasteiger partial charge in [0.25, 0.3) is 0 Å². The molecule has 55 heavy (non-hydrogen) atoms. The molecule has 11 aromatic rings. The molecule has 0 bridgehead atoms. The van der Waals surface area contributed by atoms with Crippen LogP contribution in [0.2, 0.25) is 0 Å². The van der Waals surface area contributed by atoms with Gasteiger partial charge in [0.2, 0.25) is 5.69 Å². The summed E-state index contributed by atoms with van der Waals surface area (Å²) in [4.78, 5) is 7.75. The van der Waals surface area contributed by atoms with Crippen LogP contribution in [0.1, 0.15) is 0 Å². The highest BCUT2D eigenvalue weighted by molar-refractivity contribution is 6.17. The van der Waals surface area contributed by atoms with Gasteiger partial charge in [0.15, 0.2) is 5.69 Å². The summed E-state index contributed by atoms with van der Waals surface area (Å²) in [5, 5.41) is 6.97. The molecular weight excluding hydrogens is 671 g/mol. The maximum atomic E-state index is 8.05. The predicted octanol–water partition coefficient (Wildman–Crippen LogP) is 13.7. The Bertz CT molecular complexity index is 3400. The van der Waals surface area contributed by atoms with Gasteiger partial charge in [0.1, 0.15) is 0 Å². The van der Waals surface area contributed by atoms with E-state index < -0.39 is 0 Å². The van der Waals surface area contributed by atoms with Gasteiger partial charge in [-0.25, -0.2) is 9.69 Å². The summed E-state index contributed by atoms with van der Waals surface area (Å²) in [6.45, 7) is 15.9. The van der Waals surface area contributed by atoms with Gasteiger partial charge in [-0.1, -0.05) is 121 Å². The maximum Gasteiger partial charge on any atom is 0.211 e. The SMILES string of the molecule is [C-]#[N+]c1ccc(-c2ccc(-n3c4ccccc4c4c(-n5c6ccccc6c6ccccc65)cccc43)cc2)c(-n2c3ccccc3c3cccc([N+]#[C-])c32)c1. The molecule has 0 aliphatic rings. The predicted molar refractivity (Wildman–Crippen MR) is 227 cm³/mol. The minimum Gasteiger partial charge on any atom is -0.320 e.